The normalized spacial score (nSPS) is 10.9. The van der Waals surface area contributed by atoms with Crippen LogP contribution in [0.3, 0.4) is 0 Å². The highest BCUT2D eigenvalue weighted by Crippen LogP contribution is 2.16. The molecule has 56 valence electrons. The number of aryl methyl sites for hydroxylation is 1. The van der Waals surface area contributed by atoms with Gasteiger partial charge in [-0.2, -0.15) is 0 Å². The van der Waals surface area contributed by atoms with E-state index in [4.69, 9.17) is 0 Å². The van der Waals surface area contributed by atoms with Crippen LogP contribution in [-0.4, -0.2) is 9.55 Å². The van der Waals surface area contributed by atoms with Crippen molar-refractivity contribution in [3.05, 3.63) is 16.6 Å². The third-order valence-electron chi connectivity index (χ3n) is 1.45. The SMILES string of the molecule is Cc1cnc(Br)n1C(C)C. The zero-order valence-corrected chi connectivity index (χ0v) is 8.01. The van der Waals surface area contributed by atoms with Crippen molar-refractivity contribution in [2.45, 2.75) is 26.8 Å². The minimum Gasteiger partial charge on any atom is -0.321 e. The molecule has 0 aliphatic carbocycles. The van der Waals surface area contributed by atoms with Crippen molar-refractivity contribution in [2.24, 2.45) is 0 Å². The third-order valence-corrected chi connectivity index (χ3v) is 2.04. The molecule has 0 radical (unpaired) electrons. The minimum atomic E-state index is 0.483. The Labute approximate surface area is 69.4 Å². The molecule has 0 spiro atoms. The maximum Gasteiger partial charge on any atom is 0.177 e. The molecule has 3 heteroatoms. The van der Waals surface area contributed by atoms with E-state index in [-0.39, 0.29) is 0 Å². The molecule has 0 aromatic carbocycles. The van der Waals surface area contributed by atoms with Gasteiger partial charge in [-0.15, -0.1) is 0 Å². The van der Waals surface area contributed by atoms with E-state index < -0.39 is 0 Å². The molecule has 0 fully saturated rings. The van der Waals surface area contributed by atoms with Crippen molar-refractivity contribution < 1.29 is 0 Å². The second-order valence-corrected chi connectivity index (χ2v) is 3.34. The summed E-state index contributed by atoms with van der Waals surface area (Å²) in [4.78, 5) is 4.12. The van der Waals surface area contributed by atoms with Gasteiger partial charge in [-0.3, -0.25) is 0 Å². The molecular formula is C7H11BrN2. The average molecular weight is 203 g/mol. The second-order valence-electron chi connectivity index (χ2n) is 2.63. The zero-order valence-electron chi connectivity index (χ0n) is 6.43. The summed E-state index contributed by atoms with van der Waals surface area (Å²) < 4.78 is 3.06. The molecule has 1 aromatic heterocycles. The fraction of sp³-hybridized carbons (Fsp3) is 0.571. The molecule has 1 rings (SSSR count). The zero-order chi connectivity index (χ0) is 7.72. The topological polar surface area (TPSA) is 17.8 Å². The average Bonchev–Trinajstić information content (AvgIpc) is 2.11. The van der Waals surface area contributed by atoms with Crippen LogP contribution in [0.25, 0.3) is 0 Å². The van der Waals surface area contributed by atoms with E-state index >= 15 is 0 Å². The van der Waals surface area contributed by atoms with Gasteiger partial charge in [-0.1, -0.05) is 0 Å². The first-order valence-electron chi connectivity index (χ1n) is 3.32. The van der Waals surface area contributed by atoms with Crippen LogP contribution >= 0.6 is 15.9 Å². The van der Waals surface area contributed by atoms with E-state index in [2.05, 4.69) is 46.3 Å². The van der Waals surface area contributed by atoms with Gasteiger partial charge in [0.15, 0.2) is 4.73 Å². The molecular weight excluding hydrogens is 192 g/mol. The van der Waals surface area contributed by atoms with Crippen LogP contribution in [0, 0.1) is 6.92 Å². The van der Waals surface area contributed by atoms with Crippen LogP contribution < -0.4 is 0 Å². The summed E-state index contributed by atoms with van der Waals surface area (Å²) >= 11 is 3.37. The molecule has 0 saturated carbocycles. The Morgan fingerprint density at radius 1 is 1.60 bits per heavy atom. The first-order chi connectivity index (χ1) is 4.63. The number of halogens is 1. The monoisotopic (exact) mass is 202 g/mol. The van der Waals surface area contributed by atoms with Crippen LogP contribution in [0.15, 0.2) is 10.9 Å². The quantitative estimate of drug-likeness (QED) is 0.685. The highest BCUT2D eigenvalue weighted by Gasteiger charge is 2.05. The first-order valence-corrected chi connectivity index (χ1v) is 4.11. The smallest absolute Gasteiger partial charge is 0.177 e. The Bertz CT molecular complexity index is 208. The lowest BCUT2D eigenvalue weighted by Gasteiger charge is -2.09. The van der Waals surface area contributed by atoms with Gasteiger partial charge in [0.2, 0.25) is 0 Å². The van der Waals surface area contributed by atoms with E-state index in [1.54, 1.807) is 0 Å². The molecule has 0 aliphatic heterocycles. The van der Waals surface area contributed by atoms with Crippen molar-refractivity contribution in [1.29, 1.82) is 0 Å². The molecule has 10 heavy (non-hydrogen) atoms. The van der Waals surface area contributed by atoms with E-state index in [0.717, 1.165) is 4.73 Å². The van der Waals surface area contributed by atoms with Gasteiger partial charge in [0.05, 0.1) is 0 Å². The molecule has 0 N–H and O–H groups in total. The van der Waals surface area contributed by atoms with Crippen molar-refractivity contribution in [3.63, 3.8) is 0 Å². The summed E-state index contributed by atoms with van der Waals surface area (Å²) in [6.07, 6.45) is 1.87. The highest BCUT2D eigenvalue weighted by molar-refractivity contribution is 9.10. The number of hydrogen-bond acceptors (Lipinski definition) is 1. The van der Waals surface area contributed by atoms with Crippen molar-refractivity contribution >= 4 is 15.9 Å². The number of nitrogens with zero attached hydrogens (tertiary/aromatic N) is 2. The lowest BCUT2D eigenvalue weighted by Crippen LogP contribution is -2.02. The molecule has 0 bridgehead atoms. The molecule has 2 nitrogen and oxygen atoms in total. The lowest BCUT2D eigenvalue weighted by atomic mass is 10.4. The summed E-state index contributed by atoms with van der Waals surface area (Å²) in [5.74, 6) is 0. The first kappa shape index (κ1) is 7.79. The van der Waals surface area contributed by atoms with E-state index in [1.807, 2.05) is 6.20 Å². The van der Waals surface area contributed by atoms with Crippen molar-refractivity contribution in [2.75, 3.05) is 0 Å². The Morgan fingerprint density at radius 2 is 2.20 bits per heavy atom. The number of aromatic nitrogens is 2. The number of imidazole rings is 1. The highest BCUT2D eigenvalue weighted by atomic mass is 79.9. The maximum absolute atomic E-state index is 4.12. The van der Waals surface area contributed by atoms with Gasteiger partial charge in [-0.25, -0.2) is 4.98 Å². The molecule has 0 atom stereocenters. The van der Waals surface area contributed by atoms with Gasteiger partial charge < -0.3 is 4.57 Å². The standard InChI is InChI=1S/C7H11BrN2/c1-5(2)10-6(3)4-9-7(10)8/h4-5H,1-3H3. The van der Waals surface area contributed by atoms with Crippen LogP contribution in [0.2, 0.25) is 0 Å². The Balaban J connectivity index is 3.10. The Hall–Kier alpha value is -0.310. The summed E-state index contributed by atoms with van der Waals surface area (Å²) in [5.41, 5.74) is 1.20. The van der Waals surface area contributed by atoms with Crippen molar-refractivity contribution in [1.82, 2.24) is 9.55 Å². The molecule has 0 saturated heterocycles. The summed E-state index contributed by atoms with van der Waals surface area (Å²) in [6, 6.07) is 0.483. The number of hydrogen-bond donors (Lipinski definition) is 0. The Morgan fingerprint density at radius 3 is 2.40 bits per heavy atom. The second kappa shape index (κ2) is 2.74. The van der Waals surface area contributed by atoms with Crippen LogP contribution in [0.5, 0.6) is 0 Å². The third kappa shape index (κ3) is 1.24. The Kier molecular flexibility index (Phi) is 2.14. The van der Waals surface area contributed by atoms with Gasteiger partial charge >= 0.3 is 0 Å². The number of rotatable bonds is 1. The lowest BCUT2D eigenvalue weighted by molar-refractivity contribution is 0.573. The van der Waals surface area contributed by atoms with Crippen LogP contribution in [0.4, 0.5) is 0 Å². The minimum absolute atomic E-state index is 0.483. The van der Waals surface area contributed by atoms with Gasteiger partial charge in [0, 0.05) is 17.9 Å². The fourth-order valence-corrected chi connectivity index (χ4v) is 1.83. The van der Waals surface area contributed by atoms with E-state index in [9.17, 15) is 0 Å². The van der Waals surface area contributed by atoms with Crippen molar-refractivity contribution in [3.8, 4) is 0 Å². The maximum atomic E-state index is 4.12. The molecule has 1 aromatic rings. The van der Waals surface area contributed by atoms with Crippen LogP contribution in [-0.2, 0) is 0 Å². The summed E-state index contributed by atoms with van der Waals surface area (Å²) in [5, 5.41) is 0. The molecule has 0 unspecified atom stereocenters. The largest absolute Gasteiger partial charge is 0.321 e. The summed E-state index contributed by atoms with van der Waals surface area (Å²) in [6.45, 7) is 6.33. The van der Waals surface area contributed by atoms with Gasteiger partial charge in [0.1, 0.15) is 0 Å². The predicted molar refractivity (Wildman–Crippen MR) is 45.0 cm³/mol. The molecule has 0 amide bonds. The summed E-state index contributed by atoms with van der Waals surface area (Å²) in [7, 11) is 0. The van der Waals surface area contributed by atoms with Crippen LogP contribution in [0.1, 0.15) is 25.6 Å². The molecule has 1 heterocycles. The van der Waals surface area contributed by atoms with Gasteiger partial charge in [-0.05, 0) is 36.7 Å². The fourth-order valence-electron chi connectivity index (χ4n) is 1.04. The van der Waals surface area contributed by atoms with E-state index in [1.165, 1.54) is 5.69 Å². The molecule has 0 aliphatic rings. The van der Waals surface area contributed by atoms with Gasteiger partial charge in [0.25, 0.3) is 0 Å². The van der Waals surface area contributed by atoms with E-state index in [0.29, 0.717) is 6.04 Å². The predicted octanol–water partition coefficient (Wildman–Crippen LogP) is 2.53.